The molecule has 1 aliphatic rings. The molecule has 6 rings (SSSR count). The van der Waals surface area contributed by atoms with E-state index in [1.165, 1.54) is 6.33 Å². The van der Waals surface area contributed by atoms with Crippen LogP contribution >= 0.6 is 0 Å². The van der Waals surface area contributed by atoms with Gasteiger partial charge in [-0.2, -0.15) is 9.61 Å². The van der Waals surface area contributed by atoms with Gasteiger partial charge in [-0.15, -0.1) is 25.5 Å². The van der Waals surface area contributed by atoms with Crippen molar-refractivity contribution >= 4 is 17.4 Å². The van der Waals surface area contributed by atoms with E-state index in [1.54, 1.807) is 27.7 Å². The number of fused-ring (bicyclic) bond motifs is 1. The number of anilines is 1. The number of rotatable bonds is 8. The van der Waals surface area contributed by atoms with E-state index in [0.29, 0.717) is 36.3 Å². The molecule has 1 amide bonds. The molecule has 0 atom stereocenters. The first kappa shape index (κ1) is 23.5. The highest BCUT2D eigenvalue weighted by Crippen LogP contribution is 2.22. The van der Waals surface area contributed by atoms with Crippen LogP contribution in [0.2, 0.25) is 0 Å². The molecule has 0 unspecified atom stereocenters. The third kappa shape index (κ3) is 4.98. The minimum absolute atomic E-state index is 0.0365. The summed E-state index contributed by atoms with van der Waals surface area (Å²) >= 11 is 0. The van der Waals surface area contributed by atoms with Crippen molar-refractivity contribution in [1.82, 2.24) is 50.1 Å². The number of hydrogen-bond acceptors (Lipinski definition) is 10. The zero-order chi connectivity index (χ0) is 25.7. The summed E-state index contributed by atoms with van der Waals surface area (Å²) in [6.07, 6.45) is 4.52. The van der Waals surface area contributed by atoms with Gasteiger partial charge in [0.15, 0.2) is 23.1 Å². The Morgan fingerprint density at radius 3 is 2.53 bits per heavy atom. The Kier molecular flexibility index (Phi) is 6.53. The third-order valence-electron chi connectivity index (χ3n) is 6.40. The van der Waals surface area contributed by atoms with Gasteiger partial charge in [-0.25, -0.2) is 9.67 Å². The molecule has 1 aromatic carbocycles. The number of piperidine rings is 1. The molecule has 1 fully saturated rings. The second-order valence-electron chi connectivity index (χ2n) is 8.82. The summed E-state index contributed by atoms with van der Waals surface area (Å²) in [6.45, 7) is 2.17. The Morgan fingerprint density at radius 2 is 1.76 bits per heavy atom. The average molecular weight is 512 g/mol. The molecule has 0 saturated carbocycles. The third-order valence-corrected chi connectivity index (χ3v) is 6.40. The van der Waals surface area contributed by atoms with Crippen molar-refractivity contribution in [2.24, 2.45) is 5.92 Å². The molecule has 5 heterocycles. The van der Waals surface area contributed by atoms with E-state index < -0.39 is 0 Å². The van der Waals surface area contributed by atoms with Crippen molar-refractivity contribution in [3.8, 4) is 23.1 Å². The van der Waals surface area contributed by atoms with Crippen molar-refractivity contribution in [2.45, 2.75) is 12.8 Å². The van der Waals surface area contributed by atoms with Gasteiger partial charge >= 0.3 is 0 Å². The Bertz CT molecular complexity index is 1500. The monoisotopic (exact) mass is 511 g/mol. The van der Waals surface area contributed by atoms with Gasteiger partial charge in [-0.1, -0.05) is 30.3 Å². The van der Waals surface area contributed by atoms with Gasteiger partial charge in [0.05, 0.1) is 6.54 Å². The van der Waals surface area contributed by atoms with Crippen LogP contribution in [0.5, 0.6) is 5.88 Å². The second kappa shape index (κ2) is 10.6. The minimum atomic E-state index is -0.0476. The van der Waals surface area contributed by atoms with Crippen molar-refractivity contribution in [1.29, 1.82) is 0 Å². The van der Waals surface area contributed by atoms with Crippen LogP contribution < -0.4 is 15.0 Å². The predicted octanol–water partition coefficient (Wildman–Crippen LogP) is 1.57. The second-order valence-corrected chi connectivity index (χ2v) is 8.82. The number of ether oxygens (including phenoxy) is 1. The van der Waals surface area contributed by atoms with Crippen molar-refractivity contribution < 1.29 is 9.53 Å². The van der Waals surface area contributed by atoms with Crippen LogP contribution in [0.4, 0.5) is 5.82 Å². The van der Waals surface area contributed by atoms with E-state index in [-0.39, 0.29) is 11.8 Å². The number of amides is 1. The standard InChI is InChI=1S/C25H25N11O2/c37-25(19-10-13-34(14-11-19)20-6-7-21(30-29-20)35-17-26-16-28-35)27-12-15-38-23-9-8-22-31-32-24(36(22)33-23)18-4-2-1-3-5-18/h1-9,16-17,19H,10-15H2,(H,27,37). The average Bonchev–Trinajstić information content (AvgIpc) is 3.66. The molecule has 0 spiro atoms. The first-order valence-electron chi connectivity index (χ1n) is 12.4. The molecule has 0 bridgehead atoms. The van der Waals surface area contributed by atoms with Crippen LogP contribution in [-0.2, 0) is 4.79 Å². The van der Waals surface area contributed by atoms with Gasteiger partial charge in [0, 0.05) is 30.6 Å². The maximum atomic E-state index is 12.7. The van der Waals surface area contributed by atoms with E-state index >= 15 is 0 Å². The fraction of sp³-hybridized carbons (Fsp3) is 0.280. The van der Waals surface area contributed by atoms with Gasteiger partial charge in [-0.3, -0.25) is 4.79 Å². The largest absolute Gasteiger partial charge is 0.475 e. The van der Waals surface area contributed by atoms with Crippen LogP contribution in [0.1, 0.15) is 12.8 Å². The molecule has 0 radical (unpaired) electrons. The lowest BCUT2D eigenvalue weighted by molar-refractivity contribution is -0.125. The topological polar surface area (TPSA) is 141 Å². The Morgan fingerprint density at radius 1 is 0.947 bits per heavy atom. The van der Waals surface area contributed by atoms with Gasteiger partial charge in [-0.05, 0) is 31.0 Å². The normalized spacial score (nSPS) is 14.1. The Balaban J connectivity index is 0.968. The van der Waals surface area contributed by atoms with Crippen LogP contribution in [0.25, 0.3) is 22.9 Å². The van der Waals surface area contributed by atoms with Crippen molar-refractivity contribution in [3.05, 3.63) is 67.3 Å². The summed E-state index contributed by atoms with van der Waals surface area (Å²) in [5.74, 6) is 2.46. The van der Waals surface area contributed by atoms with Gasteiger partial charge in [0.2, 0.25) is 11.8 Å². The predicted molar refractivity (Wildman–Crippen MR) is 137 cm³/mol. The molecule has 1 aliphatic heterocycles. The number of carbonyl (C=O) groups excluding carboxylic acids is 1. The number of nitrogens with zero attached hydrogens (tertiary/aromatic N) is 10. The molecule has 192 valence electrons. The summed E-state index contributed by atoms with van der Waals surface area (Å²) in [4.78, 5) is 18.8. The number of aromatic nitrogens is 9. The minimum Gasteiger partial charge on any atom is -0.475 e. The SMILES string of the molecule is O=C(NCCOc1ccc2nnc(-c3ccccc3)n2n1)C1CCN(c2ccc(-n3cncn3)nn2)CC1. The lowest BCUT2D eigenvalue weighted by Gasteiger charge is -2.31. The van der Waals surface area contributed by atoms with Gasteiger partial charge < -0.3 is 15.0 Å². The lowest BCUT2D eigenvalue weighted by atomic mass is 9.96. The fourth-order valence-corrected chi connectivity index (χ4v) is 4.40. The maximum absolute atomic E-state index is 12.7. The smallest absolute Gasteiger partial charge is 0.231 e. The Hall–Kier alpha value is -4.94. The van der Waals surface area contributed by atoms with Crippen LogP contribution in [0.15, 0.2) is 67.3 Å². The molecule has 13 heteroatoms. The molecule has 13 nitrogen and oxygen atoms in total. The first-order chi connectivity index (χ1) is 18.7. The molecular weight excluding hydrogens is 486 g/mol. The van der Waals surface area contributed by atoms with E-state index in [4.69, 9.17) is 4.74 Å². The fourth-order valence-electron chi connectivity index (χ4n) is 4.40. The molecule has 38 heavy (non-hydrogen) atoms. The lowest BCUT2D eigenvalue weighted by Crippen LogP contribution is -2.41. The van der Waals surface area contributed by atoms with Gasteiger partial charge in [0.1, 0.15) is 19.3 Å². The maximum Gasteiger partial charge on any atom is 0.231 e. The molecule has 1 N–H and O–H groups in total. The molecule has 4 aromatic heterocycles. The van der Waals surface area contributed by atoms with Crippen molar-refractivity contribution in [2.75, 3.05) is 31.1 Å². The summed E-state index contributed by atoms with van der Waals surface area (Å²) < 4.78 is 9.00. The quantitative estimate of drug-likeness (QED) is 0.305. The molecule has 5 aromatic rings. The van der Waals surface area contributed by atoms with E-state index in [0.717, 1.165) is 37.3 Å². The van der Waals surface area contributed by atoms with Crippen LogP contribution in [0, 0.1) is 5.92 Å². The van der Waals surface area contributed by atoms with Crippen molar-refractivity contribution in [3.63, 3.8) is 0 Å². The number of carbonyl (C=O) groups is 1. The van der Waals surface area contributed by atoms with Crippen LogP contribution in [-0.4, -0.2) is 76.9 Å². The first-order valence-corrected chi connectivity index (χ1v) is 12.4. The summed E-state index contributed by atoms with van der Waals surface area (Å²) in [5, 5.41) is 28.5. The molecule has 1 saturated heterocycles. The molecular formula is C25H25N11O2. The Labute approximate surface area is 217 Å². The van der Waals surface area contributed by atoms with Crippen LogP contribution in [0.3, 0.4) is 0 Å². The highest BCUT2D eigenvalue weighted by Gasteiger charge is 2.25. The highest BCUT2D eigenvalue weighted by atomic mass is 16.5. The van der Waals surface area contributed by atoms with Gasteiger partial charge in [0.25, 0.3) is 0 Å². The van der Waals surface area contributed by atoms with E-state index in [2.05, 4.69) is 45.8 Å². The van der Waals surface area contributed by atoms with E-state index in [1.807, 2.05) is 42.5 Å². The summed E-state index contributed by atoms with van der Waals surface area (Å²) in [7, 11) is 0. The molecule has 0 aliphatic carbocycles. The zero-order valence-electron chi connectivity index (χ0n) is 20.5. The number of nitrogens with one attached hydrogen (secondary N) is 1. The van der Waals surface area contributed by atoms with E-state index in [9.17, 15) is 4.79 Å². The summed E-state index contributed by atoms with van der Waals surface area (Å²) in [6, 6.07) is 17.1. The highest BCUT2D eigenvalue weighted by molar-refractivity contribution is 5.79. The number of hydrogen-bond donors (Lipinski definition) is 1. The zero-order valence-corrected chi connectivity index (χ0v) is 20.5. The number of benzene rings is 1. The summed E-state index contributed by atoms with van der Waals surface area (Å²) in [5.41, 5.74) is 1.55.